The second-order valence-corrected chi connectivity index (χ2v) is 12.7. The third-order valence-corrected chi connectivity index (χ3v) is 9.86. The number of nitrogens with one attached hydrogen (secondary N) is 2. The average Bonchev–Trinajstić information content (AvgIpc) is 3.50. The van der Waals surface area contributed by atoms with E-state index in [4.69, 9.17) is 0 Å². The van der Waals surface area contributed by atoms with Crippen molar-refractivity contribution in [3.63, 3.8) is 0 Å². The summed E-state index contributed by atoms with van der Waals surface area (Å²) in [4.78, 5) is 0. The molecule has 0 spiro atoms. The Morgan fingerprint density at radius 3 is 2.10 bits per heavy atom. The molecule has 0 saturated heterocycles. The number of dihydropyridines is 2. The highest BCUT2D eigenvalue weighted by molar-refractivity contribution is 6.19. The molecular weight excluding hydrogens is 583 g/mol. The van der Waals surface area contributed by atoms with Crippen LogP contribution in [0.25, 0.3) is 66.1 Å². The van der Waals surface area contributed by atoms with E-state index in [0.717, 1.165) is 12.2 Å². The van der Waals surface area contributed by atoms with Gasteiger partial charge in [0.1, 0.15) is 0 Å². The number of nitrogens with zero attached hydrogens (tertiary/aromatic N) is 1. The largest absolute Gasteiger partial charge is 0.387 e. The fourth-order valence-electron chi connectivity index (χ4n) is 7.35. The Morgan fingerprint density at radius 2 is 1.31 bits per heavy atom. The Labute approximate surface area is 280 Å². The first-order valence-electron chi connectivity index (χ1n) is 16.7. The zero-order chi connectivity index (χ0) is 32.0. The van der Waals surface area contributed by atoms with Crippen LogP contribution in [0.15, 0.2) is 175 Å². The van der Waals surface area contributed by atoms with Crippen molar-refractivity contribution in [3.8, 4) is 27.9 Å². The lowest BCUT2D eigenvalue weighted by molar-refractivity contribution is 0.768. The SMILES string of the molecule is CC1=CCNC=C1C1C=CC(c2ccc3c4ccc5cc(-c6cccc(-c7ccccc7)c6)ccc5c4n(-c4ccccc4)c3c2)=CN1. The summed E-state index contributed by atoms with van der Waals surface area (Å²) in [6, 6.07) is 48.8. The van der Waals surface area contributed by atoms with E-state index < -0.39 is 0 Å². The molecule has 1 atom stereocenters. The second kappa shape index (κ2) is 11.6. The van der Waals surface area contributed by atoms with Gasteiger partial charge in [-0.25, -0.2) is 0 Å². The Kier molecular flexibility index (Phi) is 6.83. The first kappa shape index (κ1) is 28.2. The van der Waals surface area contributed by atoms with Gasteiger partial charge < -0.3 is 15.2 Å². The molecule has 0 amide bonds. The monoisotopic (exact) mass is 617 g/mol. The average molecular weight is 618 g/mol. The van der Waals surface area contributed by atoms with Gasteiger partial charge in [-0.3, -0.25) is 0 Å². The molecule has 1 unspecified atom stereocenters. The molecule has 3 heteroatoms. The van der Waals surface area contributed by atoms with Gasteiger partial charge in [0.05, 0.1) is 17.1 Å². The van der Waals surface area contributed by atoms with E-state index in [9.17, 15) is 0 Å². The number of aromatic nitrogens is 1. The first-order valence-corrected chi connectivity index (χ1v) is 16.7. The van der Waals surface area contributed by atoms with Crippen LogP contribution in [0.3, 0.4) is 0 Å². The Bertz CT molecular complexity index is 2480. The third kappa shape index (κ3) is 4.83. The van der Waals surface area contributed by atoms with Crippen LogP contribution in [0.2, 0.25) is 0 Å². The van der Waals surface area contributed by atoms with Crippen LogP contribution in [-0.2, 0) is 0 Å². The molecule has 3 heterocycles. The minimum absolute atomic E-state index is 0.161. The second-order valence-electron chi connectivity index (χ2n) is 12.7. The van der Waals surface area contributed by atoms with E-state index in [1.54, 1.807) is 0 Å². The fourth-order valence-corrected chi connectivity index (χ4v) is 7.35. The summed E-state index contributed by atoms with van der Waals surface area (Å²) in [6.45, 7) is 3.08. The van der Waals surface area contributed by atoms with E-state index in [0.29, 0.717) is 0 Å². The fraction of sp³-hybridized carbons (Fsp3) is 0.0667. The smallest absolute Gasteiger partial charge is 0.0712 e. The quantitative estimate of drug-likeness (QED) is 0.201. The number of hydrogen-bond donors (Lipinski definition) is 2. The van der Waals surface area contributed by atoms with Crippen molar-refractivity contribution in [3.05, 3.63) is 181 Å². The predicted octanol–water partition coefficient (Wildman–Crippen LogP) is 10.6. The summed E-state index contributed by atoms with van der Waals surface area (Å²) >= 11 is 0. The summed E-state index contributed by atoms with van der Waals surface area (Å²) in [5, 5.41) is 12.0. The molecule has 7 aromatic rings. The van der Waals surface area contributed by atoms with Crippen LogP contribution in [0.4, 0.5) is 0 Å². The Morgan fingerprint density at radius 1 is 0.604 bits per heavy atom. The molecule has 0 saturated carbocycles. The van der Waals surface area contributed by atoms with Crippen LogP contribution in [0.5, 0.6) is 0 Å². The predicted molar refractivity (Wildman–Crippen MR) is 203 cm³/mol. The van der Waals surface area contributed by atoms with E-state index in [1.165, 1.54) is 77.1 Å². The molecule has 3 nitrogen and oxygen atoms in total. The third-order valence-electron chi connectivity index (χ3n) is 9.86. The van der Waals surface area contributed by atoms with Gasteiger partial charge >= 0.3 is 0 Å². The molecule has 230 valence electrons. The maximum atomic E-state index is 3.64. The molecule has 0 fully saturated rings. The molecule has 0 bridgehead atoms. The number of benzene rings is 6. The maximum Gasteiger partial charge on any atom is 0.0712 e. The van der Waals surface area contributed by atoms with Crippen LogP contribution < -0.4 is 10.6 Å². The zero-order valence-electron chi connectivity index (χ0n) is 26.8. The lowest BCUT2D eigenvalue weighted by atomic mass is 9.94. The highest BCUT2D eigenvalue weighted by atomic mass is 15.0. The molecule has 2 aliphatic rings. The van der Waals surface area contributed by atoms with E-state index >= 15 is 0 Å². The van der Waals surface area contributed by atoms with Crippen molar-refractivity contribution in [1.82, 2.24) is 15.2 Å². The molecule has 2 aliphatic heterocycles. The maximum absolute atomic E-state index is 3.64. The first-order chi connectivity index (χ1) is 23.7. The van der Waals surface area contributed by atoms with Crippen molar-refractivity contribution >= 4 is 38.2 Å². The minimum atomic E-state index is 0.161. The molecule has 1 aromatic heterocycles. The lowest BCUT2D eigenvalue weighted by Crippen LogP contribution is -2.30. The Hall–Kier alpha value is -6.06. The summed E-state index contributed by atoms with van der Waals surface area (Å²) in [5.41, 5.74) is 13.5. The van der Waals surface area contributed by atoms with Crippen molar-refractivity contribution in [2.24, 2.45) is 0 Å². The summed E-state index contributed by atoms with van der Waals surface area (Å²) in [5.74, 6) is 0. The van der Waals surface area contributed by atoms with Crippen molar-refractivity contribution in [1.29, 1.82) is 0 Å². The standard InChI is InChI=1S/C45H35N3/c1-30-23-24-46-29-42(30)43-22-18-37(28-47-43)35-16-20-40-41-21-17-36-26-34(33-12-8-11-32(25-33)31-9-4-2-5-10-31)15-19-39(36)45(41)48(44(40)27-35)38-13-6-3-7-14-38/h2-23,25-29,43,46-47H,24H2,1H3. The van der Waals surface area contributed by atoms with Gasteiger partial charge in [-0.1, -0.05) is 121 Å². The van der Waals surface area contributed by atoms with Crippen LogP contribution >= 0.6 is 0 Å². The normalized spacial score (nSPS) is 15.9. The molecule has 2 N–H and O–H groups in total. The van der Waals surface area contributed by atoms with Crippen molar-refractivity contribution < 1.29 is 0 Å². The van der Waals surface area contributed by atoms with Gasteiger partial charge in [-0.2, -0.15) is 0 Å². The highest BCUT2D eigenvalue weighted by Crippen LogP contribution is 2.39. The van der Waals surface area contributed by atoms with Crippen molar-refractivity contribution in [2.45, 2.75) is 13.0 Å². The molecule has 0 aliphatic carbocycles. The molecule has 9 rings (SSSR count). The zero-order valence-corrected chi connectivity index (χ0v) is 26.8. The molecule has 0 radical (unpaired) electrons. The van der Waals surface area contributed by atoms with E-state index in [-0.39, 0.29) is 6.04 Å². The number of para-hydroxylation sites is 1. The summed E-state index contributed by atoms with van der Waals surface area (Å²) < 4.78 is 2.45. The number of fused-ring (bicyclic) bond motifs is 5. The van der Waals surface area contributed by atoms with Crippen LogP contribution in [0, 0.1) is 0 Å². The molecule has 6 aromatic carbocycles. The summed E-state index contributed by atoms with van der Waals surface area (Å²) in [6.07, 6.45) is 11.1. The summed E-state index contributed by atoms with van der Waals surface area (Å²) in [7, 11) is 0. The van der Waals surface area contributed by atoms with Gasteiger partial charge in [0.2, 0.25) is 0 Å². The van der Waals surface area contributed by atoms with Gasteiger partial charge in [0.15, 0.2) is 0 Å². The van der Waals surface area contributed by atoms with E-state index in [2.05, 4.69) is 186 Å². The van der Waals surface area contributed by atoms with Crippen molar-refractivity contribution in [2.75, 3.05) is 6.54 Å². The van der Waals surface area contributed by atoms with Gasteiger partial charge in [0.25, 0.3) is 0 Å². The topological polar surface area (TPSA) is 29.0 Å². The van der Waals surface area contributed by atoms with Gasteiger partial charge in [-0.15, -0.1) is 0 Å². The number of allylic oxidation sites excluding steroid dienone is 2. The minimum Gasteiger partial charge on any atom is -0.387 e. The number of hydrogen-bond acceptors (Lipinski definition) is 2. The Balaban J connectivity index is 1.16. The highest BCUT2D eigenvalue weighted by Gasteiger charge is 2.19. The van der Waals surface area contributed by atoms with Crippen LogP contribution in [-0.4, -0.2) is 17.2 Å². The number of rotatable bonds is 5. The van der Waals surface area contributed by atoms with Crippen LogP contribution in [0.1, 0.15) is 12.5 Å². The van der Waals surface area contributed by atoms with Gasteiger partial charge in [0, 0.05) is 40.8 Å². The molecule has 48 heavy (non-hydrogen) atoms. The molecular formula is C45H35N3. The lowest BCUT2D eigenvalue weighted by Gasteiger charge is -2.24. The van der Waals surface area contributed by atoms with Gasteiger partial charge in [-0.05, 0) is 87.2 Å². The van der Waals surface area contributed by atoms with E-state index in [1.807, 2.05) is 0 Å².